The topological polar surface area (TPSA) is 81.2 Å². The average Bonchev–Trinajstić information content (AvgIpc) is 1.56. The number of hydrogen-bond donors (Lipinski definition) is 0. The summed E-state index contributed by atoms with van der Waals surface area (Å²) in [5.74, 6) is 0.910. The Morgan fingerprint density at radius 3 is 0.758 bits per heavy atom. The predicted octanol–water partition coefficient (Wildman–Crippen LogP) is 23.6. The van der Waals surface area contributed by atoms with Crippen LogP contribution in [0, 0.1) is 23.7 Å². The molecule has 11 heterocycles. The van der Waals surface area contributed by atoms with Crippen molar-refractivity contribution in [1.82, 2.24) is 19.6 Å². The Labute approximate surface area is 590 Å². The van der Waals surface area contributed by atoms with E-state index in [0.29, 0.717) is 60.3 Å². The summed E-state index contributed by atoms with van der Waals surface area (Å²) in [5.41, 5.74) is 5.29. The van der Waals surface area contributed by atoms with Gasteiger partial charge in [-0.25, -0.2) is 0 Å². The maximum atomic E-state index is 15.7. The van der Waals surface area contributed by atoms with E-state index in [1.54, 1.807) is 79.4 Å². The molecule has 0 spiro atoms. The van der Waals surface area contributed by atoms with Gasteiger partial charge in [0.15, 0.2) is 0 Å². The Balaban J connectivity index is 0.877. The number of hydrogen-bond acceptors (Lipinski definition) is 11. The fourth-order valence-corrected chi connectivity index (χ4v) is 22.2. The third-order valence-electron chi connectivity index (χ3n) is 20.1. The molecule has 9 aromatic rings. The standard InChI is InChI=1S/C80H88N4O4S7/c1-9-17-25-49(13-5)45-81-73(69-71(79(81)87)75(83(77(69)85)47-51(15-7)27-19-11-3)65-41-37-61(94-65)67-43-53-29-21-23-31-55(53)89-67)63-39-35-59(92-63)57-33-34-58(91-57)60-36-40-64(93-60)74-70-72(80(88)82(74)46-50(14-6)26-18-10-2)76(84(78(70)86)48-52(16-8)28-20-12-4)66-42-38-62(95-66)68-44-54-30-22-24-32-56(54)90-68/h21-24,29-44,49-52H,9-20,25-28,45-48H2,1-8H3. The van der Waals surface area contributed by atoms with E-state index in [1.807, 2.05) is 19.6 Å². The molecule has 0 saturated heterocycles. The molecule has 0 radical (unpaired) electrons. The number of thiophene rings is 7. The highest BCUT2D eigenvalue weighted by atomic mass is 32.1. The maximum absolute atomic E-state index is 15.7. The molecule has 4 amide bonds. The summed E-state index contributed by atoms with van der Waals surface area (Å²) in [6, 6.07) is 43.3. The van der Waals surface area contributed by atoms with Gasteiger partial charge in [0.2, 0.25) is 0 Å². The molecule has 0 bridgehead atoms. The number of rotatable bonds is 32. The molecular weight excluding hydrogens is 1310 g/mol. The second-order valence-electron chi connectivity index (χ2n) is 26.3. The van der Waals surface area contributed by atoms with Crippen LogP contribution in [0.2, 0.25) is 0 Å². The zero-order chi connectivity index (χ0) is 66.0. The Kier molecular flexibility index (Phi) is 21.1. The molecule has 4 aliphatic heterocycles. The number of amides is 4. The molecule has 0 aliphatic carbocycles. The van der Waals surface area contributed by atoms with E-state index in [1.165, 1.54) is 29.9 Å². The lowest BCUT2D eigenvalue weighted by molar-refractivity contribution is -0.124. The molecule has 95 heavy (non-hydrogen) atoms. The van der Waals surface area contributed by atoms with Gasteiger partial charge in [0, 0.05) is 74.6 Å². The smallest absolute Gasteiger partial charge is 0.261 e. The van der Waals surface area contributed by atoms with E-state index < -0.39 is 0 Å². The highest BCUT2D eigenvalue weighted by Crippen LogP contribution is 2.55. The van der Waals surface area contributed by atoms with Gasteiger partial charge in [0.1, 0.15) is 0 Å². The molecule has 0 fully saturated rings. The van der Waals surface area contributed by atoms with E-state index in [4.69, 9.17) is 0 Å². The molecule has 7 aromatic heterocycles. The summed E-state index contributed by atoms with van der Waals surface area (Å²) < 4.78 is 2.48. The summed E-state index contributed by atoms with van der Waals surface area (Å²) in [6.45, 7) is 20.1. The predicted molar refractivity (Wildman–Crippen MR) is 409 cm³/mol. The number of carbonyl (C=O) groups is 4. The van der Waals surface area contributed by atoms with Gasteiger partial charge in [-0.15, -0.1) is 79.4 Å². The largest absolute Gasteiger partial charge is 0.306 e. The van der Waals surface area contributed by atoms with Gasteiger partial charge in [0.25, 0.3) is 23.6 Å². The van der Waals surface area contributed by atoms with Crippen LogP contribution in [0.25, 0.3) is 82.0 Å². The van der Waals surface area contributed by atoms with E-state index in [9.17, 15) is 0 Å². The summed E-state index contributed by atoms with van der Waals surface area (Å²) >= 11 is 12.0. The van der Waals surface area contributed by atoms with Crippen molar-refractivity contribution < 1.29 is 19.2 Å². The second-order valence-corrected chi connectivity index (χ2v) is 33.9. The number of benzene rings is 2. The van der Waals surface area contributed by atoms with Crippen molar-refractivity contribution in [2.24, 2.45) is 23.7 Å². The molecule has 0 N–H and O–H groups in total. The van der Waals surface area contributed by atoms with Crippen molar-refractivity contribution in [3.63, 3.8) is 0 Å². The molecule has 494 valence electrons. The number of unbranched alkanes of at least 4 members (excludes halogenated alkanes) is 4. The summed E-state index contributed by atoms with van der Waals surface area (Å²) in [5, 5.41) is 2.44. The van der Waals surface area contributed by atoms with Gasteiger partial charge in [-0.2, -0.15) is 0 Å². The first-order valence-corrected chi connectivity index (χ1v) is 40.9. The van der Waals surface area contributed by atoms with Crippen LogP contribution in [-0.2, 0) is 19.2 Å². The van der Waals surface area contributed by atoms with E-state index in [0.717, 1.165) is 174 Å². The van der Waals surface area contributed by atoms with Crippen LogP contribution in [0.15, 0.2) is 144 Å². The van der Waals surface area contributed by atoms with Crippen molar-refractivity contribution in [1.29, 1.82) is 0 Å². The normalized spacial score (nSPS) is 16.5. The molecule has 15 heteroatoms. The molecule has 0 saturated carbocycles. The van der Waals surface area contributed by atoms with Gasteiger partial charge in [0.05, 0.1) is 64.6 Å². The van der Waals surface area contributed by atoms with Gasteiger partial charge >= 0.3 is 0 Å². The third kappa shape index (κ3) is 13.2. The quantitative estimate of drug-likeness (QED) is 0.0421. The minimum Gasteiger partial charge on any atom is -0.306 e. The fourth-order valence-electron chi connectivity index (χ4n) is 14.4. The molecule has 4 atom stereocenters. The first kappa shape index (κ1) is 67.3. The summed E-state index contributed by atoms with van der Waals surface area (Å²) in [4.78, 5) is 83.7. The lowest BCUT2D eigenvalue weighted by atomic mass is 9.98. The Morgan fingerprint density at radius 1 is 0.284 bits per heavy atom. The van der Waals surface area contributed by atoms with Crippen molar-refractivity contribution in [3.05, 3.63) is 163 Å². The SMILES string of the molecule is CCCCC(CC)CN1C(=O)C2=C(c3ccc(-c4cc5ccccc5s4)s3)N(CC(CC)CCCC)C(=O)C2=C1c1ccc(-c2ccc(-c3ccc(C4=C5C(=O)N(CC(CC)CCCC)C(c6ccc(-c7cc8ccccc8s7)s6)=C5C(=O)N4CC(CC)CCCC)s3)s2)s1. The highest BCUT2D eigenvalue weighted by molar-refractivity contribution is 7.28. The minimum absolute atomic E-state index is 0.0625. The van der Waals surface area contributed by atoms with Gasteiger partial charge in [-0.3, -0.25) is 19.2 Å². The Bertz CT molecular complexity index is 4110. The average molecular weight is 1390 g/mol. The summed E-state index contributed by atoms with van der Waals surface area (Å²) in [6.07, 6.45) is 16.6. The van der Waals surface area contributed by atoms with Crippen molar-refractivity contribution >= 4 is 146 Å². The summed E-state index contributed by atoms with van der Waals surface area (Å²) in [7, 11) is 0. The van der Waals surface area contributed by atoms with Gasteiger partial charge in [-0.05, 0) is 145 Å². The molecule has 8 nitrogen and oxygen atoms in total. The molecule has 13 rings (SSSR count). The second kappa shape index (κ2) is 29.8. The number of fused-ring (bicyclic) bond motifs is 4. The van der Waals surface area contributed by atoms with Crippen LogP contribution < -0.4 is 0 Å². The van der Waals surface area contributed by atoms with Crippen molar-refractivity contribution in [3.8, 4) is 39.0 Å². The van der Waals surface area contributed by atoms with Crippen LogP contribution >= 0.6 is 79.4 Å². The number of nitrogens with zero attached hydrogens (tertiary/aromatic N) is 4. The van der Waals surface area contributed by atoms with E-state index in [-0.39, 0.29) is 35.5 Å². The van der Waals surface area contributed by atoms with Crippen molar-refractivity contribution in [2.45, 2.75) is 158 Å². The van der Waals surface area contributed by atoms with Gasteiger partial charge in [-0.1, -0.05) is 169 Å². The third-order valence-corrected chi connectivity index (χ3v) is 28.6. The van der Waals surface area contributed by atoms with Crippen LogP contribution in [0.1, 0.15) is 178 Å². The molecule has 2 aromatic carbocycles. The minimum atomic E-state index is -0.0625. The van der Waals surface area contributed by atoms with Crippen molar-refractivity contribution in [2.75, 3.05) is 26.2 Å². The maximum Gasteiger partial charge on any atom is 0.261 e. The van der Waals surface area contributed by atoms with Crippen LogP contribution in [0.4, 0.5) is 0 Å². The number of carbonyl (C=O) groups excluding carboxylic acids is 4. The Hall–Kier alpha value is -6.30. The lowest BCUT2D eigenvalue weighted by Crippen LogP contribution is -2.34. The zero-order valence-electron chi connectivity index (χ0n) is 56.3. The highest BCUT2D eigenvalue weighted by Gasteiger charge is 2.52. The lowest BCUT2D eigenvalue weighted by Gasteiger charge is -2.29. The molecular formula is C80H88N4O4S7. The zero-order valence-corrected chi connectivity index (χ0v) is 62.0. The van der Waals surface area contributed by atoms with E-state index in [2.05, 4.69) is 177 Å². The molecule has 4 aliphatic rings. The molecule has 4 unspecified atom stereocenters. The monoisotopic (exact) mass is 1390 g/mol. The fraction of sp³-hybridized carbons (Fsp3) is 0.400. The van der Waals surface area contributed by atoms with E-state index >= 15 is 19.2 Å². The Morgan fingerprint density at radius 2 is 0.516 bits per heavy atom. The van der Waals surface area contributed by atoms with Crippen LogP contribution in [0.5, 0.6) is 0 Å². The first-order valence-electron chi connectivity index (χ1n) is 35.1. The van der Waals surface area contributed by atoms with Gasteiger partial charge < -0.3 is 19.6 Å². The first-order chi connectivity index (χ1) is 46.4. The van der Waals surface area contributed by atoms with Crippen LogP contribution in [0.3, 0.4) is 0 Å². The van der Waals surface area contributed by atoms with Crippen LogP contribution in [-0.4, -0.2) is 69.4 Å².